The summed E-state index contributed by atoms with van der Waals surface area (Å²) >= 11 is 0. The summed E-state index contributed by atoms with van der Waals surface area (Å²) in [7, 11) is 0. The lowest BCUT2D eigenvalue weighted by Gasteiger charge is -1.96. The van der Waals surface area contributed by atoms with Crippen molar-refractivity contribution in [2.45, 2.75) is 6.92 Å². The number of aryl methyl sites for hydroxylation is 1. The minimum absolute atomic E-state index is 0.547. The van der Waals surface area contributed by atoms with Crippen molar-refractivity contribution in [3.63, 3.8) is 0 Å². The van der Waals surface area contributed by atoms with E-state index in [1.165, 1.54) is 5.56 Å². The highest BCUT2D eigenvalue weighted by atomic mass is 14.8. The molecule has 0 radical (unpaired) electrons. The van der Waals surface area contributed by atoms with E-state index in [2.05, 4.69) is 36.2 Å². The molecule has 2 heteroatoms. The van der Waals surface area contributed by atoms with Crippen LogP contribution in [-0.4, -0.2) is 4.98 Å². The van der Waals surface area contributed by atoms with E-state index in [1.807, 2.05) is 24.3 Å². The van der Waals surface area contributed by atoms with Gasteiger partial charge in [0.2, 0.25) is 0 Å². The summed E-state index contributed by atoms with van der Waals surface area (Å²) in [6, 6.07) is 14.0. The number of nitrogens with zero attached hydrogens (tertiary/aromatic N) is 1. The van der Waals surface area contributed by atoms with Gasteiger partial charge in [0.25, 0.3) is 0 Å². The molecule has 80 valence electrons. The molecule has 0 atom stereocenters. The predicted molar refractivity (Wildman–Crippen MR) is 68.8 cm³/mol. The molecule has 1 aromatic carbocycles. The van der Waals surface area contributed by atoms with Gasteiger partial charge < -0.3 is 5.73 Å². The molecule has 16 heavy (non-hydrogen) atoms. The topological polar surface area (TPSA) is 38.9 Å². The summed E-state index contributed by atoms with van der Waals surface area (Å²) in [5.74, 6) is 0.547. The third-order valence-electron chi connectivity index (χ3n) is 2.32. The van der Waals surface area contributed by atoms with Gasteiger partial charge in [-0.05, 0) is 30.7 Å². The van der Waals surface area contributed by atoms with Crippen LogP contribution in [0.15, 0.2) is 42.5 Å². The van der Waals surface area contributed by atoms with Gasteiger partial charge in [0.05, 0.1) is 5.69 Å². The Morgan fingerprint density at radius 2 is 1.75 bits per heavy atom. The third kappa shape index (κ3) is 2.70. The fraction of sp³-hybridized carbons (Fsp3) is 0.0714. The molecule has 1 heterocycles. The van der Waals surface area contributed by atoms with Gasteiger partial charge in [0.15, 0.2) is 0 Å². The molecule has 0 aliphatic heterocycles. The number of nitrogen functional groups attached to an aromatic ring is 1. The standard InChI is InChI=1S/C14H14N2/c1-11-5-7-12(8-6-11)9-10-13-3-2-4-14(15)16-13/h2-10H,1H3,(H2,15,16). The van der Waals surface area contributed by atoms with Crippen molar-refractivity contribution in [3.8, 4) is 0 Å². The average Bonchev–Trinajstić information content (AvgIpc) is 2.28. The van der Waals surface area contributed by atoms with E-state index >= 15 is 0 Å². The van der Waals surface area contributed by atoms with E-state index in [0.717, 1.165) is 11.3 Å². The maximum Gasteiger partial charge on any atom is 0.124 e. The Morgan fingerprint density at radius 3 is 2.44 bits per heavy atom. The molecular formula is C14H14N2. The molecule has 0 fully saturated rings. The Hall–Kier alpha value is -2.09. The zero-order valence-corrected chi connectivity index (χ0v) is 9.22. The van der Waals surface area contributed by atoms with Crippen molar-refractivity contribution in [1.29, 1.82) is 0 Å². The zero-order chi connectivity index (χ0) is 11.4. The van der Waals surface area contributed by atoms with Crippen LogP contribution in [0.4, 0.5) is 5.82 Å². The molecule has 0 aliphatic rings. The molecule has 1 aromatic heterocycles. The number of hydrogen-bond donors (Lipinski definition) is 1. The molecule has 0 spiro atoms. The molecule has 2 N–H and O–H groups in total. The molecule has 2 nitrogen and oxygen atoms in total. The SMILES string of the molecule is Cc1ccc(C=Cc2cccc(N)n2)cc1. The maximum absolute atomic E-state index is 5.60. The van der Waals surface area contributed by atoms with Gasteiger partial charge in [-0.3, -0.25) is 0 Å². The smallest absolute Gasteiger partial charge is 0.124 e. The van der Waals surface area contributed by atoms with Crippen molar-refractivity contribution in [2.75, 3.05) is 5.73 Å². The Morgan fingerprint density at radius 1 is 1.00 bits per heavy atom. The molecule has 0 amide bonds. The Kier molecular flexibility index (Phi) is 3.01. The Balaban J connectivity index is 2.18. The van der Waals surface area contributed by atoms with E-state index in [-0.39, 0.29) is 0 Å². The zero-order valence-electron chi connectivity index (χ0n) is 9.22. The van der Waals surface area contributed by atoms with E-state index in [4.69, 9.17) is 5.73 Å². The fourth-order valence-electron chi connectivity index (χ4n) is 1.42. The fourth-order valence-corrected chi connectivity index (χ4v) is 1.42. The minimum Gasteiger partial charge on any atom is -0.384 e. The third-order valence-corrected chi connectivity index (χ3v) is 2.32. The molecule has 0 saturated carbocycles. The van der Waals surface area contributed by atoms with Crippen LogP contribution >= 0.6 is 0 Å². The highest BCUT2D eigenvalue weighted by Crippen LogP contribution is 2.08. The second-order valence-electron chi connectivity index (χ2n) is 3.73. The van der Waals surface area contributed by atoms with Crippen LogP contribution in [0.25, 0.3) is 12.2 Å². The van der Waals surface area contributed by atoms with Crippen LogP contribution in [0.5, 0.6) is 0 Å². The van der Waals surface area contributed by atoms with Crippen LogP contribution < -0.4 is 5.73 Å². The van der Waals surface area contributed by atoms with E-state index < -0.39 is 0 Å². The normalized spacial score (nSPS) is 10.8. The number of hydrogen-bond acceptors (Lipinski definition) is 2. The summed E-state index contributed by atoms with van der Waals surface area (Å²) in [6.45, 7) is 2.08. The van der Waals surface area contributed by atoms with Gasteiger partial charge in [0, 0.05) is 0 Å². The number of anilines is 1. The van der Waals surface area contributed by atoms with E-state index in [1.54, 1.807) is 6.07 Å². The Labute approximate surface area is 95.5 Å². The second kappa shape index (κ2) is 4.62. The van der Waals surface area contributed by atoms with Gasteiger partial charge >= 0.3 is 0 Å². The van der Waals surface area contributed by atoms with Crippen LogP contribution in [0.2, 0.25) is 0 Å². The first-order valence-electron chi connectivity index (χ1n) is 5.21. The maximum atomic E-state index is 5.60. The summed E-state index contributed by atoms with van der Waals surface area (Å²) in [5.41, 5.74) is 8.90. The number of rotatable bonds is 2. The van der Waals surface area contributed by atoms with Crippen molar-refractivity contribution < 1.29 is 0 Å². The van der Waals surface area contributed by atoms with Gasteiger partial charge in [-0.2, -0.15) is 0 Å². The van der Waals surface area contributed by atoms with Crippen molar-refractivity contribution in [1.82, 2.24) is 4.98 Å². The first-order chi connectivity index (χ1) is 7.74. The number of benzene rings is 1. The molecule has 0 aliphatic carbocycles. The van der Waals surface area contributed by atoms with Crippen LogP contribution in [-0.2, 0) is 0 Å². The largest absolute Gasteiger partial charge is 0.384 e. The van der Waals surface area contributed by atoms with E-state index in [9.17, 15) is 0 Å². The lowest BCUT2D eigenvalue weighted by atomic mass is 10.1. The molecular weight excluding hydrogens is 196 g/mol. The van der Waals surface area contributed by atoms with Crippen molar-refractivity contribution in [2.24, 2.45) is 0 Å². The monoisotopic (exact) mass is 210 g/mol. The van der Waals surface area contributed by atoms with Crippen LogP contribution in [0, 0.1) is 6.92 Å². The summed E-state index contributed by atoms with van der Waals surface area (Å²) < 4.78 is 0. The van der Waals surface area contributed by atoms with Gasteiger partial charge in [0.1, 0.15) is 5.82 Å². The lowest BCUT2D eigenvalue weighted by Crippen LogP contribution is -1.90. The summed E-state index contributed by atoms with van der Waals surface area (Å²) in [4.78, 5) is 4.20. The summed E-state index contributed by atoms with van der Waals surface area (Å²) in [6.07, 6.45) is 3.99. The van der Waals surface area contributed by atoms with Gasteiger partial charge in [-0.1, -0.05) is 42.0 Å². The number of pyridine rings is 1. The predicted octanol–water partition coefficient (Wildman–Crippen LogP) is 3.14. The first kappa shape index (κ1) is 10.4. The van der Waals surface area contributed by atoms with Crippen LogP contribution in [0.3, 0.4) is 0 Å². The molecule has 0 unspecified atom stereocenters. The van der Waals surface area contributed by atoms with Crippen molar-refractivity contribution >= 4 is 18.0 Å². The average molecular weight is 210 g/mol. The highest BCUT2D eigenvalue weighted by Gasteiger charge is 1.90. The molecule has 2 aromatic rings. The van der Waals surface area contributed by atoms with Gasteiger partial charge in [-0.25, -0.2) is 4.98 Å². The molecule has 0 bridgehead atoms. The van der Waals surface area contributed by atoms with Crippen molar-refractivity contribution in [3.05, 3.63) is 59.3 Å². The second-order valence-corrected chi connectivity index (χ2v) is 3.73. The Bertz CT molecular complexity index is 498. The number of nitrogens with two attached hydrogens (primary N) is 1. The lowest BCUT2D eigenvalue weighted by molar-refractivity contribution is 1.31. The highest BCUT2D eigenvalue weighted by molar-refractivity contribution is 5.68. The quantitative estimate of drug-likeness (QED) is 0.827. The molecule has 2 rings (SSSR count). The van der Waals surface area contributed by atoms with Gasteiger partial charge in [-0.15, -0.1) is 0 Å². The number of aromatic nitrogens is 1. The van der Waals surface area contributed by atoms with Crippen LogP contribution in [0.1, 0.15) is 16.8 Å². The first-order valence-corrected chi connectivity index (χ1v) is 5.21. The summed E-state index contributed by atoms with van der Waals surface area (Å²) in [5, 5.41) is 0. The minimum atomic E-state index is 0.547. The van der Waals surface area contributed by atoms with E-state index in [0.29, 0.717) is 5.82 Å². The molecule has 0 saturated heterocycles.